The number of aliphatic hydroxyl groups excluding tert-OH is 1. The van der Waals surface area contributed by atoms with Crippen LogP contribution in [0.3, 0.4) is 0 Å². The van der Waals surface area contributed by atoms with Crippen molar-refractivity contribution in [1.29, 1.82) is 0 Å². The molecular weight excluding hydrogens is 291 g/mol. The highest BCUT2D eigenvalue weighted by atomic mass is 19.1. The number of benzene rings is 2. The van der Waals surface area contributed by atoms with Gasteiger partial charge in [-0.25, -0.2) is 4.39 Å². The first-order valence-electron chi connectivity index (χ1n) is 6.43. The quantitative estimate of drug-likeness (QED) is 0.654. The number of nitro benzene ring substituents is 1. The fourth-order valence-electron chi connectivity index (χ4n) is 2.01. The van der Waals surface area contributed by atoms with E-state index in [1.165, 1.54) is 0 Å². The Morgan fingerprint density at radius 2 is 1.95 bits per heavy atom. The molecule has 2 rings (SSSR count). The fourth-order valence-corrected chi connectivity index (χ4v) is 2.01. The zero-order valence-electron chi connectivity index (χ0n) is 11.4. The molecule has 114 valence electrons. The molecule has 2 aromatic carbocycles. The van der Waals surface area contributed by atoms with Crippen molar-refractivity contribution in [3.8, 4) is 0 Å². The van der Waals surface area contributed by atoms with Gasteiger partial charge in [0, 0.05) is 6.07 Å². The predicted molar refractivity (Wildman–Crippen MR) is 76.8 cm³/mol. The summed E-state index contributed by atoms with van der Waals surface area (Å²) >= 11 is 0. The van der Waals surface area contributed by atoms with Crippen LogP contribution in [-0.2, 0) is 0 Å². The van der Waals surface area contributed by atoms with Gasteiger partial charge in [0.25, 0.3) is 11.6 Å². The zero-order valence-corrected chi connectivity index (χ0v) is 11.4. The Morgan fingerprint density at radius 1 is 1.27 bits per heavy atom. The van der Waals surface area contributed by atoms with Gasteiger partial charge in [-0.3, -0.25) is 14.9 Å². The first-order chi connectivity index (χ1) is 10.5. The number of aliphatic hydroxyl groups is 1. The Kier molecular flexibility index (Phi) is 4.80. The topological polar surface area (TPSA) is 92.5 Å². The summed E-state index contributed by atoms with van der Waals surface area (Å²) in [5.41, 5.74) is -0.250. The number of nitrogens with one attached hydrogen (secondary N) is 1. The average Bonchev–Trinajstić information content (AvgIpc) is 2.52. The molecule has 0 aliphatic heterocycles. The third-order valence-electron chi connectivity index (χ3n) is 3.09. The number of amides is 1. The molecule has 0 aromatic heterocycles. The van der Waals surface area contributed by atoms with Crippen molar-refractivity contribution in [3.05, 3.63) is 75.6 Å². The normalized spacial score (nSPS) is 11.7. The minimum Gasteiger partial charge on any atom is -0.394 e. The van der Waals surface area contributed by atoms with Gasteiger partial charge in [-0.2, -0.15) is 0 Å². The Bertz CT molecular complexity index is 691. The number of nitro groups is 1. The lowest BCUT2D eigenvalue weighted by Crippen LogP contribution is -2.31. The van der Waals surface area contributed by atoms with E-state index in [4.69, 9.17) is 0 Å². The summed E-state index contributed by atoms with van der Waals surface area (Å²) in [6.07, 6.45) is 0. The summed E-state index contributed by atoms with van der Waals surface area (Å²) in [7, 11) is 0. The van der Waals surface area contributed by atoms with Crippen LogP contribution in [0.15, 0.2) is 48.5 Å². The minimum atomic E-state index is -0.825. The molecule has 0 aliphatic rings. The van der Waals surface area contributed by atoms with Crippen molar-refractivity contribution < 1.29 is 19.2 Å². The second-order valence-corrected chi connectivity index (χ2v) is 4.54. The standard InChI is InChI=1S/C15H13FN2O4/c16-11-6-7-14(18(21)22)12(8-11)15(20)17-13(9-19)10-4-2-1-3-5-10/h1-8,13,19H,9H2,(H,17,20)/t13-/m1/s1. The molecule has 0 saturated carbocycles. The molecule has 22 heavy (non-hydrogen) atoms. The van der Waals surface area contributed by atoms with Crippen LogP contribution in [0, 0.1) is 15.9 Å². The van der Waals surface area contributed by atoms with Crippen LogP contribution < -0.4 is 5.32 Å². The third kappa shape index (κ3) is 3.44. The van der Waals surface area contributed by atoms with E-state index in [0.29, 0.717) is 5.56 Å². The van der Waals surface area contributed by atoms with Crippen molar-refractivity contribution in [3.63, 3.8) is 0 Å². The van der Waals surface area contributed by atoms with Crippen molar-refractivity contribution in [1.82, 2.24) is 5.32 Å². The van der Waals surface area contributed by atoms with Crippen LogP contribution in [0.2, 0.25) is 0 Å². The molecule has 2 N–H and O–H groups in total. The maximum Gasteiger partial charge on any atom is 0.282 e. The molecule has 0 bridgehead atoms. The molecule has 2 aromatic rings. The smallest absolute Gasteiger partial charge is 0.282 e. The molecule has 0 saturated heterocycles. The lowest BCUT2D eigenvalue weighted by atomic mass is 10.1. The molecule has 0 fully saturated rings. The van der Waals surface area contributed by atoms with E-state index in [1.54, 1.807) is 30.3 Å². The van der Waals surface area contributed by atoms with Crippen molar-refractivity contribution in [2.24, 2.45) is 0 Å². The number of hydrogen-bond acceptors (Lipinski definition) is 4. The molecule has 1 amide bonds. The zero-order chi connectivity index (χ0) is 16.1. The number of halogens is 1. The maximum atomic E-state index is 13.3. The van der Waals surface area contributed by atoms with E-state index >= 15 is 0 Å². The second-order valence-electron chi connectivity index (χ2n) is 4.54. The lowest BCUT2D eigenvalue weighted by Gasteiger charge is -2.16. The van der Waals surface area contributed by atoms with E-state index in [9.17, 15) is 24.4 Å². The number of nitrogens with zero attached hydrogens (tertiary/aromatic N) is 1. The van der Waals surface area contributed by atoms with Crippen LogP contribution >= 0.6 is 0 Å². The van der Waals surface area contributed by atoms with Crippen molar-refractivity contribution in [2.75, 3.05) is 6.61 Å². The van der Waals surface area contributed by atoms with Crippen LogP contribution in [0.1, 0.15) is 22.0 Å². The first kappa shape index (κ1) is 15.6. The maximum absolute atomic E-state index is 13.3. The van der Waals surface area contributed by atoms with Gasteiger partial charge in [0.1, 0.15) is 11.4 Å². The molecule has 7 heteroatoms. The highest BCUT2D eigenvalue weighted by molar-refractivity contribution is 5.98. The molecular formula is C15H13FN2O4. The molecule has 0 radical (unpaired) electrons. The second kappa shape index (κ2) is 6.77. The highest BCUT2D eigenvalue weighted by Gasteiger charge is 2.23. The van der Waals surface area contributed by atoms with Gasteiger partial charge in [0.2, 0.25) is 0 Å². The number of hydrogen-bond donors (Lipinski definition) is 2. The fraction of sp³-hybridized carbons (Fsp3) is 0.133. The lowest BCUT2D eigenvalue weighted by molar-refractivity contribution is -0.385. The first-order valence-corrected chi connectivity index (χ1v) is 6.43. The van der Waals surface area contributed by atoms with E-state index in [0.717, 1.165) is 18.2 Å². The number of carbonyl (C=O) groups is 1. The highest BCUT2D eigenvalue weighted by Crippen LogP contribution is 2.21. The van der Waals surface area contributed by atoms with Gasteiger partial charge in [-0.05, 0) is 17.7 Å². The average molecular weight is 304 g/mol. The van der Waals surface area contributed by atoms with Gasteiger partial charge in [0.15, 0.2) is 0 Å². The molecule has 1 atom stereocenters. The van der Waals surface area contributed by atoms with Gasteiger partial charge >= 0.3 is 0 Å². The van der Waals surface area contributed by atoms with Crippen LogP contribution in [0.4, 0.5) is 10.1 Å². The SMILES string of the molecule is O=C(N[C@H](CO)c1ccccc1)c1cc(F)ccc1[N+](=O)[O-]. The third-order valence-corrected chi connectivity index (χ3v) is 3.09. The summed E-state index contributed by atoms with van der Waals surface area (Å²) < 4.78 is 13.3. The van der Waals surface area contributed by atoms with E-state index < -0.39 is 35.0 Å². The van der Waals surface area contributed by atoms with Crippen LogP contribution in [0.5, 0.6) is 0 Å². The Balaban J connectivity index is 2.28. The number of carbonyl (C=O) groups excluding carboxylic acids is 1. The van der Waals surface area contributed by atoms with E-state index in [2.05, 4.69) is 5.32 Å². The van der Waals surface area contributed by atoms with Crippen molar-refractivity contribution >= 4 is 11.6 Å². The molecule has 0 unspecified atom stereocenters. The Hall–Kier alpha value is -2.80. The summed E-state index contributed by atoms with van der Waals surface area (Å²) in [4.78, 5) is 22.3. The molecule has 6 nitrogen and oxygen atoms in total. The summed E-state index contributed by atoms with van der Waals surface area (Å²) in [5.74, 6) is -1.58. The summed E-state index contributed by atoms with van der Waals surface area (Å²) in [6, 6.07) is 10.5. The van der Waals surface area contributed by atoms with Crippen LogP contribution in [-0.4, -0.2) is 22.5 Å². The largest absolute Gasteiger partial charge is 0.394 e. The van der Waals surface area contributed by atoms with E-state index in [1.807, 2.05) is 0 Å². The minimum absolute atomic E-state index is 0.389. The summed E-state index contributed by atoms with van der Waals surface area (Å²) in [5, 5.41) is 22.8. The summed E-state index contributed by atoms with van der Waals surface area (Å²) in [6.45, 7) is -0.390. The Labute approximate surface area is 125 Å². The predicted octanol–water partition coefficient (Wildman–Crippen LogP) is 2.20. The number of rotatable bonds is 5. The van der Waals surface area contributed by atoms with Crippen LogP contribution in [0.25, 0.3) is 0 Å². The monoisotopic (exact) mass is 304 g/mol. The molecule has 0 heterocycles. The van der Waals surface area contributed by atoms with E-state index in [-0.39, 0.29) is 5.56 Å². The Morgan fingerprint density at radius 3 is 2.55 bits per heavy atom. The van der Waals surface area contributed by atoms with Gasteiger partial charge in [0.05, 0.1) is 17.6 Å². The molecule has 0 spiro atoms. The van der Waals surface area contributed by atoms with Gasteiger partial charge in [-0.15, -0.1) is 0 Å². The van der Waals surface area contributed by atoms with Crippen molar-refractivity contribution in [2.45, 2.75) is 6.04 Å². The van der Waals surface area contributed by atoms with Gasteiger partial charge in [-0.1, -0.05) is 30.3 Å². The van der Waals surface area contributed by atoms with Gasteiger partial charge < -0.3 is 10.4 Å². The molecule has 0 aliphatic carbocycles.